The lowest BCUT2D eigenvalue weighted by molar-refractivity contribution is -0.138. The van der Waals surface area contributed by atoms with Crippen LogP contribution in [0.15, 0.2) is 6.20 Å². The molecule has 72 valence electrons. The number of aliphatic hydroxyl groups is 1. The molecule has 6 heteroatoms. The van der Waals surface area contributed by atoms with E-state index in [1.54, 1.807) is 0 Å². The molecule has 1 atom stereocenters. The lowest BCUT2D eigenvalue weighted by Gasteiger charge is -2.02. The van der Waals surface area contributed by atoms with Gasteiger partial charge in [-0.15, -0.1) is 0 Å². The van der Waals surface area contributed by atoms with Crippen LogP contribution in [0.25, 0.3) is 0 Å². The van der Waals surface area contributed by atoms with Crippen molar-refractivity contribution in [1.29, 1.82) is 0 Å². The van der Waals surface area contributed by atoms with Crippen LogP contribution in [0, 0.1) is 0 Å². The van der Waals surface area contributed by atoms with Crippen LogP contribution in [-0.2, 0) is 17.8 Å². The number of H-pyrrole nitrogens is 1. The largest absolute Gasteiger partial charge is 0.480 e. The molecule has 0 aliphatic heterocycles. The maximum atomic E-state index is 10.4. The van der Waals surface area contributed by atoms with Gasteiger partial charge in [0.1, 0.15) is 18.5 Å². The van der Waals surface area contributed by atoms with Gasteiger partial charge in [-0.2, -0.15) is 0 Å². The average molecular weight is 185 g/mol. The Morgan fingerprint density at radius 3 is 2.92 bits per heavy atom. The molecule has 0 aliphatic carbocycles. The van der Waals surface area contributed by atoms with Crippen LogP contribution < -0.4 is 5.73 Å². The van der Waals surface area contributed by atoms with Gasteiger partial charge in [-0.05, 0) is 0 Å². The maximum absolute atomic E-state index is 10.4. The number of hydrogen-bond acceptors (Lipinski definition) is 4. The van der Waals surface area contributed by atoms with Gasteiger partial charge in [-0.1, -0.05) is 0 Å². The zero-order chi connectivity index (χ0) is 9.84. The van der Waals surface area contributed by atoms with Crippen LogP contribution in [0.5, 0.6) is 0 Å². The number of rotatable bonds is 4. The van der Waals surface area contributed by atoms with Gasteiger partial charge in [0.2, 0.25) is 0 Å². The number of carboxylic acids is 1. The van der Waals surface area contributed by atoms with E-state index in [4.69, 9.17) is 15.9 Å². The minimum atomic E-state index is -1.06. The van der Waals surface area contributed by atoms with E-state index < -0.39 is 12.0 Å². The quantitative estimate of drug-likeness (QED) is 0.473. The first-order valence-corrected chi connectivity index (χ1v) is 3.75. The number of aliphatic hydroxyl groups excluding tert-OH is 1. The second kappa shape index (κ2) is 4.01. The number of nitrogens with zero attached hydrogens (tertiary/aromatic N) is 1. The molecular formula is C7H11N3O3. The maximum Gasteiger partial charge on any atom is 0.320 e. The molecule has 1 unspecified atom stereocenters. The molecule has 1 rings (SSSR count). The van der Waals surface area contributed by atoms with Crippen molar-refractivity contribution in [1.82, 2.24) is 9.97 Å². The van der Waals surface area contributed by atoms with Crippen molar-refractivity contribution >= 4 is 5.97 Å². The Labute approximate surface area is 74.4 Å². The molecule has 0 radical (unpaired) electrons. The predicted octanol–water partition coefficient (Wildman–Crippen LogP) is -1.14. The first-order valence-electron chi connectivity index (χ1n) is 3.75. The van der Waals surface area contributed by atoms with Crippen molar-refractivity contribution in [3.63, 3.8) is 0 Å². The summed E-state index contributed by atoms with van der Waals surface area (Å²) in [7, 11) is 0. The summed E-state index contributed by atoms with van der Waals surface area (Å²) >= 11 is 0. The zero-order valence-corrected chi connectivity index (χ0v) is 6.90. The normalized spacial score (nSPS) is 12.8. The molecule has 1 aromatic rings. The van der Waals surface area contributed by atoms with Gasteiger partial charge in [0.05, 0.1) is 0 Å². The highest BCUT2D eigenvalue weighted by molar-refractivity contribution is 5.73. The number of nitrogens with one attached hydrogen (secondary N) is 1. The van der Waals surface area contributed by atoms with Crippen LogP contribution >= 0.6 is 0 Å². The van der Waals surface area contributed by atoms with Crippen LogP contribution in [0.4, 0.5) is 0 Å². The lowest BCUT2D eigenvalue weighted by atomic mass is 10.2. The van der Waals surface area contributed by atoms with Crippen LogP contribution in [-0.4, -0.2) is 32.2 Å². The van der Waals surface area contributed by atoms with E-state index in [0.29, 0.717) is 11.5 Å². The van der Waals surface area contributed by atoms with Crippen molar-refractivity contribution in [2.45, 2.75) is 19.1 Å². The lowest BCUT2D eigenvalue weighted by Crippen LogP contribution is -2.32. The van der Waals surface area contributed by atoms with E-state index in [2.05, 4.69) is 9.97 Å². The fourth-order valence-electron chi connectivity index (χ4n) is 0.914. The zero-order valence-electron chi connectivity index (χ0n) is 6.90. The second-order valence-electron chi connectivity index (χ2n) is 2.66. The minimum absolute atomic E-state index is 0.183. The SMILES string of the molecule is NC(Cc1cnc(CO)[nH]1)C(=O)O. The molecule has 5 N–H and O–H groups in total. The van der Waals surface area contributed by atoms with Gasteiger partial charge in [-0.3, -0.25) is 4.79 Å². The number of aromatic nitrogens is 2. The smallest absolute Gasteiger partial charge is 0.320 e. The Bertz CT molecular complexity index is 297. The number of carbonyl (C=O) groups is 1. The Morgan fingerprint density at radius 1 is 1.77 bits per heavy atom. The minimum Gasteiger partial charge on any atom is -0.480 e. The molecule has 6 nitrogen and oxygen atoms in total. The number of nitrogens with two attached hydrogens (primary N) is 1. The third-order valence-electron chi connectivity index (χ3n) is 1.59. The highest BCUT2D eigenvalue weighted by Gasteiger charge is 2.13. The second-order valence-corrected chi connectivity index (χ2v) is 2.66. The molecule has 0 bridgehead atoms. The van der Waals surface area contributed by atoms with E-state index in [1.165, 1.54) is 6.20 Å². The third kappa shape index (κ3) is 2.53. The molecule has 0 amide bonds. The molecule has 0 saturated carbocycles. The summed E-state index contributed by atoms with van der Waals surface area (Å²) in [6.07, 6.45) is 1.65. The van der Waals surface area contributed by atoms with Crippen molar-refractivity contribution in [3.8, 4) is 0 Å². The Kier molecular flexibility index (Phi) is 2.99. The topological polar surface area (TPSA) is 112 Å². The molecular weight excluding hydrogens is 174 g/mol. The fraction of sp³-hybridized carbons (Fsp3) is 0.429. The molecule has 0 saturated heterocycles. The molecule has 1 aromatic heterocycles. The van der Waals surface area contributed by atoms with Gasteiger partial charge in [-0.25, -0.2) is 4.98 Å². The number of aromatic amines is 1. The van der Waals surface area contributed by atoms with Gasteiger partial charge >= 0.3 is 5.97 Å². The van der Waals surface area contributed by atoms with Gasteiger partial charge in [0, 0.05) is 18.3 Å². The van der Waals surface area contributed by atoms with Crippen molar-refractivity contribution in [2.75, 3.05) is 0 Å². The van der Waals surface area contributed by atoms with Crippen LogP contribution in [0.1, 0.15) is 11.5 Å². The Morgan fingerprint density at radius 2 is 2.46 bits per heavy atom. The number of hydrogen-bond donors (Lipinski definition) is 4. The van der Waals surface area contributed by atoms with Gasteiger partial charge in [0.25, 0.3) is 0 Å². The summed E-state index contributed by atoms with van der Waals surface area (Å²) in [5.74, 6) is -0.646. The number of imidazole rings is 1. The van der Waals surface area contributed by atoms with Crippen molar-refractivity contribution < 1.29 is 15.0 Å². The van der Waals surface area contributed by atoms with E-state index in [1.807, 2.05) is 0 Å². The average Bonchev–Trinajstić information content (AvgIpc) is 2.52. The number of aliphatic carboxylic acids is 1. The molecule has 0 aliphatic rings. The molecule has 13 heavy (non-hydrogen) atoms. The van der Waals surface area contributed by atoms with Crippen molar-refractivity contribution in [3.05, 3.63) is 17.7 Å². The van der Waals surface area contributed by atoms with Gasteiger partial charge < -0.3 is 20.9 Å². The molecule has 0 fully saturated rings. The van der Waals surface area contributed by atoms with Crippen LogP contribution in [0.3, 0.4) is 0 Å². The Balaban J connectivity index is 2.58. The highest BCUT2D eigenvalue weighted by Crippen LogP contribution is 2.00. The van der Waals surface area contributed by atoms with E-state index in [-0.39, 0.29) is 13.0 Å². The standard InChI is InChI=1S/C7H11N3O3/c8-5(7(12)13)1-4-2-9-6(3-11)10-4/h2,5,11H,1,3,8H2,(H,9,10)(H,12,13). The van der Waals surface area contributed by atoms with E-state index in [9.17, 15) is 4.79 Å². The fourth-order valence-corrected chi connectivity index (χ4v) is 0.914. The highest BCUT2D eigenvalue weighted by atomic mass is 16.4. The van der Waals surface area contributed by atoms with Crippen molar-refractivity contribution in [2.24, 2.45) is 5.73 Å². The van der Waals surface area contributed by atoms with Crippen LogP contribution in [0.2, 0.25) is 0 Å². The predicted molar refractivity (Wildman–Crippen MR) is 43.8 cm³/mol. The summed E-state index contributed by atoms with van der Waals surface area (Å²) in [4.78, 5) is 16.9. The third-order valence-corrected chi connectivity index (χ3v) is 1.59. The molecule has 0 aromatic carbocycles. The molecule has 1 heterocycles. The summed E-state index contributed by atoms with van der Waals surface area (Å²) in [6, 6.07) is -0.938. The van der Waals surface area contributed by atoms with Gasteiger partial charge in [0.15, 0.2) is 0 Å². The molecule has 0 spiro atoms. The first kappa shape index (κ1) is 9.69. The Hall–Kier alpha value is -1.40. The van der Waals surface area contributed by atoms with E-state index >= 15 is 0 Å². The number of carboxylic acid groups (broad SMARTS) is 1. The summed E-state index contributed by atoms with van der Waals surface area (Å²) in [5.41, 5.74) is 5.90. The first-order chi connectivity index (χ1) is 6.13. The van der Waals surface area contributed by atoms with E-state index in [0.717, 1.165) is 0 Å². The summed E-state index contributed by atoms with van der Waals surface area (Å²) in [6.45, 7) is -0.192. The summed E-state index contributed by atoms with van der Waals surface area (Å²) < 4.78 is 0. The monoisotopic (exact) mass is 185 g/mol. The summed E-state index contributed by atoms with van der Waals surface area (Å²) in [5, 5.41) is 17.2.